The van der Waals surface area contributed by atoms with Gasteiger partial charge in [0.1, 0.15) is 0 Å². The zero-order chi connectivity index (χ0) is 22.0. The maximum atomic E-state index is 3.60. The van der Waals surface area contributed by atoms with Gasteiger partial charge < -0.3 is 5.32 Å². The largest absolute Gasteiger partial charge is 0.355 e. The second-order valence-electron chi connectivity index (χ2n) is 8.34. The van der Waals surface area contributed by atoms with Gasteiger partial charge in [-0.1, -0.05) is 109 Å². The van der Waals surface area contributed by atoms with Gasteiger partial charge in [0.15, 0.2) is 0 Å². The second kappa shape index (κ2) is 8.29. The Morgan fingerprint density at radius 1 is 0.394 bits per heavy atom. The van der Waals surface area contributed by atoms with Crippen LogP contribution in [0.3, 0.4) is 0 Å². The molecule has 0 aromatic heterocycles. The van der Waals surface area contributed by atoms with Crippen LogP contribution in [0.4, 0.5) is 11.4 Å². The van der Waals surface area contributed by atoms with E-state index in [2.05, 4.69) is 133 Å². The summed E-state index contributed by atoms with van der Waals surface area (Å²) in [5.41, 5.74) is 7.04. The fourth-order valence-electron chi connectivity index (χ4n) is 4.56. The highest BCUT2D eigenvalue weighted by atomic mass is 14.9. The number of fused-ring (bicyclic) bond motifs is 3. The van der Waals surface area contributed by atoms with Crippen LogP contribution in [-0.2, 0) is 0 Å². The highest BCUT2D eigenvalue weighted by molar-refractivity contribution is 6.08. The van der Waals surface area contributed by atoms with E-state index in [0.717, 1.165) is 11.4 Å². The van der Waals surface area contributed by atoms with Crippen molar-refractivity contribution in [2.24, 2.45) is 0 Å². The van der Waals surface area contributed by atoms with Crippen molar-refractivity contribution in [1.82, 2.24) is 0 Å². The first-order chi connectivity index (χ1) is 16.3. The highest BCUT2D eigenvalue weighted by Crippen LogP contribution is 2.32. The van der Waals surface area contributed by atoms with Gasteiger partial charge in [0.2, 0.25) is 0 Å². The molecule has 0 fully saturated rings. The summed E-state index contributed by atoms with van der Waals surface area (Å²) in [6.07, 6.45) is 0. The molecule has 0 atom stereocenters. The summed E-state index contributed by atoms with van der Waals surface area (Å²) in [5.74, 6) is 0. The van der Waals surface area contributed by atoms with Crippen molar-refractivity contribution in [1.29, 1.82) is 0 Å². The SMILES string of the molecule is c1ccc(-c2ccccc2Nc2ccc(-c3ccc4c(ccc5ccccc54)c3)cc2)cc1. The molecule has 0 radical (unpaired) electrons. The Morgan fingerprint density at radius 3 is 1.94 bits per heavy atom. The summed E-state index contributed by atoms with van der Waals surface area (Å²) in [5, 5.41) is 8.75. The minimum absolute atomic E-state index is 1.08. The molecule has 0 heterocycles. The molecule has 0 bridgehead atoms. The first kappa shape index (κ1) is 19.3. The molecule has 0 saturated carbocycles. The summed E-state index contributed by atoms with van der Waals surface area (Å²) in [4.78, 5) is 0. The molecular formula is C32H23N. The lowest BCUT2D eigenvalue weighted by Gasteiger charge is -2.13. The van der Waals surface area contributed by atoms with Gasteiger partial charge in [-0.3, -0.25) is 0 Å². The van der Waals surface area contributed by atoms with Crippen molar-refractivity contribution in [3.05, 3.63) is 133 Å². The van der Waals surface area contributed by atoms with Crippen molar-refractivity contribution in [2.75, 3.05) is 5.32 Å². The Bertz CT molecular complexity index is 1560. The summed E-state index contributed by atoms with van der Waals surface area (Å²) >= 11 is 0. The van der Waals surface area contributed by atoms with E-state index >= 15 is 0 Å². The molecule has 6 rings (SSSR count). The lowest BCUT2D eigenvalue weighted by Crippen LogP contribution is -1.93. The predicted octanol–water partition coefficient (Wildman–Crippen LogP) is 9.07. The first-order valence-corrected chi connectivity index (χ1v) is 11.3. The molecule has 0 saturated heterocycles. The molecule has 0 aliphatic rings. The van der Waals surface area contributed by atoms with Gasteiger partial charge in [-0.25, -0.2) is 0 Å². The molecule has 1 heteroatoms. The summed E-state index contributed by atoms with van der Waals surface area (Å²) in [6, 6.07) is 47.4. The van der Waals surface area contributed by atoms with Crippen LogP contribution in [0.2, 0.25) is 0 Å². The quantitative estimate of drug-likeness (QED) is 0.280. The van der Waals surface area contributed by atoms with E-state index in [1.165, 1.54) is 43.8 Å². The number of hydrogen-bond donors (Lipinski definition) is 1. The van der Waals surface area contributed by atoms with E-state index in [1.54, 1.807) is 0 Å². The lowest BCUT2D eigenvalue weighted by atomic mass is 9.97. The van der Waals surface area contributed by atoms with Gasteiger partial charge in [0.25, 0.3) is 0 Å². The summed E-state index contributed by atoms with van der Waals surface area (Å²) in [6.45, 7) is 0. The van der Waals surface area contributed by atoms with E-state index < -0.39 is 0 Å². The maximum Gasteiger partial charge on any atom is 0.0463 e. The number of anilines is 2. The molecule has 1 N–H and O–H groups in total. The molecule has 6 aromatic rings. The lowest BCUT2D eigenvalue weighted by molar-refractivity contribution is 1.53. The smallest absolute Gasteiger partial charge is 0.0463 e. The van der Waals surface area contributed by atoms with Gasteiger partial charge in [-0.2, -0.15) is 0 Å². The van der Waals surface area contributed by atoms with Crippen LogP contribution in [0.5, 0.6) is 0 Å². The third-order valence-electron chi connectivity index (χ3n) is 6.25. The fourth-order valence-corrected chi connectivity index (χ4v) is 4.56. The van der Waals surface area contributed by atoms with Crippen LogP contribution in [0, 0.1) is 0 Å². The molecule has 0 aliphatic heterocycles. The van der Waals surface area contributed by atoms with Crippen molar-refractivity contribution in [2.45, 2.75) is 0 Å². The fraction of sp³-hybridized carbons (Fsp3) is 0. The molecule has 0 spiro atoms. The Kier molecular flexibility index (Phi) is 4.86. The van der Waals surface area contributed by atoms with Crippen molar-refractivity contribution < 1.29 is 0 Å². The van der Waals surface area contributed by atoms with Gasteiger partial charge in [-0.05, 0) is 62.5 Å². The van der Waals surface area contributed by atoms with E-state index in [0.29, 0.717) is 0 Å². The molecule has 1 nitrogen and oxygen atoms in total. The predicted molar refractivity (Wildman–Crippen MR) is 142 cm³/mol. The van der Waals surface area contributed by atoms with E-state index in [4.69, 9.17) is 0 Å². The van der Waals surface area contributed by atoms with Crippen LogP contribution >= 0.6 is 0 Å². The Hall–Kier alpha value is -4.36. The number of benzene rings is 6. The average Bonchev–Trinajstić information content (AvgIpc) is 2.89. The standard InChI is InChI=1S/C32H23N/c1-2-8-24(9-3-1)31-12-6-7-13-32(31)33-28-19-16-23(17-20-28)26-18-21-30-27(22-26)15-14-25-10-4-5-11-29(25)30/h1-22,33H. The van der Waals surface area contributed by atoms with Crippen LogP contribution in [-0.4, -0.2) is 0 Å². The van der Waals surface area contributed by atoms with E-state index in [-0.39, 0.29) is 0 Å². The molecule has 156 valence electrons. The zero-order valence-electron chi connectivity index (χ0n) is 18.2. The summed E-state index contributed by atoms with van der Waals surface area (Å²) in [7, 11) is 0. The molecule has 6 aromatic carbocycles. The van der Waals surface area contributed by atoms with Crippen molar-refractivity contribution in [3.63, 3.8) is 0 Å². The highest BCUT2D eigenvalue weighted by Gasteiger charge is 2.06. The molecule has 0 amide bonds. The average molecular weight is 422 g/mol. The van der Waals surface area contributed by atoms with E-state index in [9.17, 15) is 0 Å². The van der Waals surface area contributed by atoms with Gasteiger partial charge >= 0.3 is 0 Å². The number of para-hydroxylation sites is 1. The van der Waals surface area contributed by atoms with E-state index in [1.807, 2.05) is 6.07 Å². The van der Waals surface area contributed by atoms with Crippen LogP contribution in [0.25, 0.3) is 43.8 Å². The first-order valence-electron chi connectivity index (χ1n) is 11.3. The van der Waals surface area contributed by atoms with Crippen LogP contribution in [0.15, 0.2) is 133 Å². The van der Waals surface area contributed by atoms with Crippen LogP contribution in [0.1, 0.15) is 0 Å². The zero-order valence-corrected chi connectivity index (χ0v) is 18.2. The Labute approximate surface area is 194 Å². The number of rotatable bonds is 4. The molecular weight excluding hydrogens is 398 g/mol. The summed E-state index contributed by atoms with van der Waals surface area (Å²) < 4.78 is 0. The molecule has 0 aliphatic carbocycles. The van der Waals surface area contributed by atoms with Crippen molar-refractivity contribution in [3.8, 4) is 22.3 Å². The van der Waals surface area contributed by atoms with Crippen LogP contribution < -0.4 is 5.32 Å². The molecule has 0 unspecified atom stereocenters. The maximum absolute atomic E-state index is 3.60. The molecule has 33 heavy (non-hydrogen) atoms. The monoisotopic (exact) mass is 421 g/mol. The second-order valence-corrected chi connectivity index (χ2v) is 8.34. The Morgan fingerprint density at radius 2 is 1.06 bits per heavy atom. The number of nitrogens with one attached hydrogen (secondary N) is 1. The minimum Gasteiger partial charge on any atom is -0.355 e. The van der Waals surface area contributed by atoms with Gasteiger partial charge in [-0.15, -0.1) is 0 Å². The normalized spacial score (nSPS) is 11.0. The van der Waals surface area contributed by atoms with Gasteiger partial charge in [0.05, 0.1) is 0 Å². The van der Waals surface area contributed by atoms with Gasteiger partial charge in [0, 0.05) is 16.9 Å². The third-order valence-corrected chi connectivity index (χ3v) is 6.25. The Balaban J connectivity index is 1.30. The topological polar surface area (TPSA) is 12.0 Å². The van der Waals surface area contributed by atoms with Crippen molar-refractivity contribution >= 4 is 32.9 Å². The minimum atomic E-state index is 1.08. The number of hydrogen-bond acceptors (Lipinski definition) is 1. The third kappa shape index (κ3) is 3.75.